The van der Waals surface area contributed by atoms with E-state index in [-0.39, 0.29) is 0 Å². The van der Waals surface area contributed by atoms with Gasteiger partial charge in [-0.15, -0.1) is 0 Å². The predicted octanol–water partition coefficient (Wildman–Crippen LogP) is 4.52. The molecule has 0 aliphatic carbocycles. The quantitative estimate of drug-likeness (QED) is 0.237. The molecule has 0 aromatic heterocycles. The van der Waals surface area contributed by atoms with E-state index in [4.69, 9.17) is 0 Å². The van der Waals surface area contributed by atoms with Crippen molar-refractivity contribution in [1.82, 2.24) is 0 Å². The summed E-state index contributed by atoms with van der Waals surface area (Å²) >= 11 is 0. The highest BCUT2D eigenvalue weighted by molar-refractivity contribution is 5.58. The molecule has 0 atom stereocenters. The minimum atomic E-state index is -2.57. The van der Waals surface area contributed by atoms with Crippen molar-refractivity contribution in [1.29, 1.82) is 0 Å². The zero-order valence-corrected chi connectivity index (χ0v) is 12.3. The molecule has 5 nitrogen and oxygen atoms in total. The van der Waals surface area contributed by atoms with Crippen LogP contribution in [0.5, 0.6) is 11.5 Å². The van der Waals surface area contributed by atoms with Crippen molar-refractivity contribution in [2.75, 3.05) is 0 Å². The summed E-state index contributed by atoms with van der Waals surface area (Å²) in [6.45, 7) is 0. The molecule has 2 rings (SSSR count). The lowest BCUT2D eigenvalue weighted by Gasteiger charge is -2.09. The van der Waals surface area contributed by atoms with Crippen molar-refractivity contribution in [3.05, 3.63) is 58.2 Å². The van der Waals surface area contributed by atoms with E-state index in [1.807, 2.05) is 0 Å². The second-order valence-electron chi connectivity index (χ2n) is 4.38. The third kappa shape index (κ3) is 3.54. The molecule has 0 aliphatic heterocycles. The van der Waals surface area contributed by atoms with Crippen molar-refractivity contribution in [2.24, 2.45) is 0 Å². The minimum absolute atomic E-state index is 2.12. The molecular formula is C13F10O5. The van der Waals surface area contributed by atoms with E-state index in [2.05, 4.69) is 19.6 Å². The van der Waals surface area contributed by atoms with Gasteiger partial charge in [0, 0.05) is 0 Å². The number of benzene rings is 2. The molecule has 0 amide bonds. The molecule has 2 aromatic rings. The standard InChI is InChI=1S/C13F10O5/c14-1-3(16)7(20)11(8(21)4(1)17)25-27-13(24)28-26-12-9(22)5(18)2(15)6(19)10(12)23. The van der Waals surface area contributed by atoms with Gasteiger partial charge in [0.25, 0.3) is 11.5 Å². The zero-order chi connectivity index (χ0) is 21.3. The predicted molar refractivity (Wildman–Crippen MR) is 61.3 cm³/mol. The summed E-state index contributed by atoms with van der Waals surface area (Å²) in [5.74, 6) is -29.6. The lowest BCUT2D eigenvalue weighted by molar-refractivity contribution is -0.240. The summed E-state index contributed by atoms with van der Waals surface area (Å²) < 4.78 is 130. The van der Waals surface area contributed by atoms with Gasteiger partial charge in [0.2, 0.25) is 58.2 Å². The molecule has 152 valence electrons. The second-order valence-corrected chi connectivity index (χ2v) is 4.38. The van der Waals surface area contributed by atoms with Crippen molar-refractivity contribution < 1.29 is 68.2 Å². The summed E-state index contributed by atoms with van der Waals surface area (Å²) in [4.78, 5) is 24.8. The van der Waals surface area contributed by atoms with E-state index >= 15 is 0 Å². The third-order valence-electron chi connectivity index (χ3n) is 2.73. The summed E-state index contributed by atoms with van der Waals surface area (Å²) in [5.41, 5.74) is 0. The van der Waals surface area contributed by atoms with Crippen LogP contribution in [0, 0.1) is 58.2 Å². The first-order valence-electron chi connectivity index (χ1n) is 6.24. The average Bonchev–Trinajstić information content (AvgIpc) is 2.67. The first kappa shape index (κ1) is 20.9. The number of rotatable bonds is 4. The number of carbonyl (C=O) groups is 1. The Morgan fingerprint density at radius 1 is 0.429 bits per heavy atom. The van der Waals surface area contributed by atoms with E-state index in [0.29, 0.717) is 0 Å². The molecule has 28 heavy (non-hydrogen) atoms. The average molecular weight is 426 g/mol. The molecule has 0 saturated carbocycles. The molecule has 0 bridgehead atoms. The van der Waals surface area contributed by atoms with Crippen molar-refractivity contribution in [3.63, 3.8) is 0 Å². The molecule has 0 heterocycles. The SMILES string of the molecule is O=C(OOc1c(F)c(F)c(F)c(F)c1F)OOc1c(F)c(F)c(F)c(F)c1F. The van der Waals surface area contributed by atoms with Crippen LogP contribution in [0.2, 0.25) is 0 Å². The molecule has 0 saturated heterocycles. The van der Waals surface area contributed by atoms with Gasteiger partial charge in [0.05, 0.1) is 0 Å². The van der Waals surface area contributed by atoms with E-state index < -0.39 is 75.8 Å². The number of hydrogen-bond acceptors (Lipinski definition) is 5. The topological polar surface area (TPSA) is 54.0 Å². The zero-order valence-electron chi connectivity index (χ0n) is 12.3. The minimum Gasteiger partial charge on any atom is -0.277 e. The fourth-order valence-electron chi connectivity index (χ4n) is 1.48. The number of carbonyl (C=O) groups excluding carboxylic acids is 1. The van der Waals surface area contributed by atoms with E-state index in [1.165, 1.54) is 0 Å². The van der Waals surface area contributed by atoms with Crippen molar-refractivity contribution >= 4 is 6.16 Å². The molecule has 0 unspecified atom stereocenters. The number of halogens is 10. The summed E-state index contributed by atoms with van der Waals surface area (Å²) in [7, 11) is 0. The van der Waals surface area contributed by atoms with Gasteiger partial charge in [-0.1, -0.05) is 0 Å². The monoisotopic (exact) mass is 426 g/mol. The maximum absolute atomic E-state index is 13.2. The van der Waals surface area contributed by atoms with Crippen molar-refractivity contribution in [3.8, 4) is 11.5 Å². The van der Waals surface area contributed by atoms with Gasteiger partial charge in [-0.3, -0.25) is 9.78 Å². The summed E-state index contributed by atoms with van der Waals surface area (Å²) in [5, 5.41) is 0. The first-order chi connectivity index (χ1) is 13.0. The van der Waals surface area contributed by atoms with E-state index in [0.717, 1.165) is 0 Å². The Morgan fingerprint density at radius 3 is 0.893 bits per heavy atom. The Hall–Kier alpha value is -3.39. The van der Waals surface area contributed by atoms with Gasteiger partial charge in [-0.05, 0) is 0 Å². The molecule has 2 aromatic carbocycles. The Morgan fingerprint density at radius 2 is 0.643 bits per heavy atom. The van der Waals surface area contributed by atoms with Gasteiger partial charge < -0.3 is 0 Å². The smallest absolute Gasteiger partial charge is 0.277 e. The molecular weight excluding hydrogens is 426 g/mol. The number of hydrogen-bond donors (Lipinski definition) is 0. The van der Waals surface area contributed by atoms with Gasteiger partial charge in [0.1, 0.15) is 0 Å². The van der Waals surface area contributed by atoms with Crippen LogP contribution in [0.25, 0.3) is 0 Å². The largest absolute Gasteiger partial charge is 0.591 e. The fourth-order valence-corrected chi connectivity index (χ4v) is 1.48. The Bertz CT molecular complexity index is 830. The molecule has 0 radical (unpaired) electrons. The van der Waals surface area contributed by atoms with Crippen LogP contribution in [0.4, 0.5) is 48.7 Å². The lowest BCUT2D eigenvalue weighted by atomic mass is 10.3. The Balaban J connectivity index is 2.12. The van der Waals surface area contributed by atoms with Gasteiger partial charge >= 0.3 is 6.16 Å². The van der Waals surface area contributed by atoms with Crippen LogP contribution >= 0.6 is 0 Å². The Labute approximate surface area is 145 Å². The highest BCUT2D eigenvalue weighted by Gasteiger charge is 2.31. The van der Waals surface area contributed by atoms with Crippen LogP contribution in [0.3, 0.4) is 0 Å². The first-order valence-corrected chi connectivity index (χ1v) is 6.24. The highest BCUT2D eigenvalue weighted by atomic mass is 19.2. The maximum Gasteiger partial charge on any atom is 0.591 e. The van der Waals surface area contributed by atoms with Gasteiger partial charge in [-0.2, -0.15) is 22.4 Å². The summed E-state index contributed by atoms with van der Waals surface area (Å²) in [6.07, 6.45) is -2.41. The molecule has 0 N–H and O–H groups in total. The fraction of sp³-hybridized carbons (Fsp3) is 0. The van der Waals surface area contributed by atoms with Crippen LogP contribution < -0.4 is 9.78 Å². The third-order valence-corrected chi connectivity index (χ3v) is 2.73. The maximum atomic E-state index is 13.2. The Kier molecular flexibility index (Phi) is 5.75. The van der Waals surface area contributed by atoms with Crippen LogP contribution in [-0.4, -0.2) is 6.16 Å². The van der Waals surface area contributed by atoms with Crippen LogP contribution in [0.1, 0.15) is 0 Å². The van der Waals surface area contributed by atoms with Crippen molar-refractivity contribution in [2.45, 2.75) is 0 Å². The van der Waals surface area contributed by atoms with Gasteiger partial charge in [-0.25, -0.2) is 36.1 Å². The van der Waals surface area contributed by atoms with Gasteiger partial charge in [0.15, 0.2) is 0 Å². The molecule has 15 heteroatoms. The van der Waals surface area contributed by atoms with E-state index in [1.54, 1.807) is 0 Å². The summed E-state index contributed by atoms with van der Waals surface area (Å²) in [6, 6.07) is 0. The second kappa shape index (κ2) is 7.69. The van der Waals surface area contributed by atoms with Crippen LogP contribution in [0.15, 0.2) is 0 Å². The molecule has 0 fully saturated rings. The molecule has 0 aliphatic rings. The lowest BCUT2D eigenvalue weighted by Crippen LogP contribution is -2.16. The van der Waals surface area contributed by atoms with E-state index in [9.17, 15) is 48.7 Å². The highest BCUT2D eigenvalue weighted by Crippen LogP contribution is 2.30. The normalized spacial score (nSPS) is 10.6. The molecule has 0 spiro atoms. The van der Waals surface area contributed by atoms with Crippen LogP contribution in [-0.2, 0) is 9.78 Å².